The Hall–Kier alpha value is -0.500. The van der Waals surface area contributed by atoms with Crippen molar-refractivity contribution in [2.45, 2.75) is 26.3 Å². The van der Waals surface area contributed by atoms with Crippen LogP contribution in [0.5, 0.6) is 0 Å². The van der Waals surface area contributed by atoms with Crippen LogP contribution >= 0.6 is 0 Å². The molecule has 0 spiro atoms. The molecule has 0 fully saturated rings. The zero-order valence-corrected chi connectivity index (χ0v) is 7.15. The van der Waals surface area contributed by atoms with Gasteiger partial charge in [-0.05, 0) is 33.5 Å². The Bertz CT molecular complexity index is 89.3. The number of allylic oxidation sites excluding steroid dienone is 1. The summed E-state index contributed by atoms with van der Waals surface area (Å²) in [6.45, 7) is 5.23. The van der Waals surface area contributed by atoms with Crippen molar-refractivity contribution in [3.8, 4) is 0 Å². The van der Waals surface area contributed by atoms with E-state index < -0.39 is 0 Å². The van der Waals surface area contributed by atoms with Crippen molar-refractivity contribution in [2.24, 2.45) is 0 Å². The van der Waals surface area contributed by atoms with Crippen LogP contribution in [0.1, 0.15) is 20.3 Å². The van der Waals surface area contributed by atoms with Crippen molar-refractivity contribution in [1.82, 2.24) is 10.6 Å². The van der Waals surface area contributed by atoms with Gasteiger partial charge >= 0.3 is 0 Å². The van der Waals surface area contributed by atoms with E-state index in [9.17, 15) is 0 Å². The van der Waals surface area contributed by atoms with Gasteiger partial charge in [0.05, 0.1) is 0 Å². The molecule has 0 heterocycles. The lowest BCUT2D eigenvalue weighted by Gasteiger charge is -2.08. The number of hydrogen-bond acceptors (Lipinski definition) is 2. The van der Waals surface area contributed by atoms with Crippen molar-refractivity contribution >= 4 is 0 Å². The average molecular weight is 142 g/mol. The van der Waals surface area contributed by atoms with Gasteiger partial charge in [-0.15, -0.1) is 0 Å². The maximum absolute atomic E-state index is 3.18. The van der Waals surface area contributed by atoms with E-state index >= 15 is 0 Å². The third-order valence-corrected chi connectivity index (χ3v) is 1.50. The molecule has 0 aliphatic rings. The molecule has 0 aliphatic carbocycles. The summed E-state index contributed by atoms with van der Waals surface area (Å²) in [5, 5.41) is 6.36. The first kappa shape index (κ1) is 9.50. The third-order valence-electron chi connectivity index (χ3n) is 1.50. The second-order valence-corrected chi connectivity index (χ2v) is 2.43. The SMILES string of the molecule is C/C=C/NCCC(C)NC. The smallest absolute Gasteiger partial charge is 0.0156 e. The van der Waals surface area contributed by atoms with Gasteiger partial charge in [-0.2, -0.15) is 0 Å². The molecular formula is C8H18N2. The van der Waals surface area contributed by atoms with Gasteiger partial charge < -0.3 is 10.6 Å². The second kappa shape index (κ2) is 6.62. The minimum atomic E-state index is 0.609. The van der Waals surface area contributed by atoms with E-state index in [1.54, 1.807) is 0 Å². The normalized spacial score (nSPS) is 13.9. The van der Waals surface area contributed by atoms with Crippen LogP contribution in [0.3, 0.4) is 0 Å². The van der Waals surface area contributed by atoms with Gasteiger partial charge in [0, 0.05) is 12.6 Å². The molecule has 60 valence electrons. The molecule has 0 amide bonds. The first-order valence-electron chi connectivity index (χ1n) is 3.83. The van der Waals surface area contributed by atoms with Crippen molar-refractivity contribution in [3.05, 3.63) is 12.3 Å². The van der Waals surface area contributed by atoms with Crippen molar-refractivity contribution in [1.29, 1.82) is 0 Å². The highest BCUT2D eigenvalue weighted by Crippen LogP contribution is 1.85. The summed E-state index contributed by atoms with van der Waals surface area (Å²) in [7, 11) is 1.99. The molecule has 0 saturated heterocycles. The molecule has 0 aromatic heterocycles. The first-order chi connectivity index (χ1) is 4.81. The molecule has 10 heavy (non-hydrogen) atoms. The van der Waals surface area contributed by atoms with Gasteiger partial charge in [0.15, 0.2) is 0 Å². The second-order valence-electron chi connectivity index (χ2n) is 2.43. The van der Waals surface area contributed by atoms with Gasteiger partial charge in [-0.1, -0.05) is 6.08 Å². The Kier molecular flexibility index (Phi) is 6.29. The van der Waals surface area contributed by atoms with Crippen LogP contribution in [-0.4, -0.2) is 19.6 Å². The van der Waals surface area contributed by atoms with Gasteiger partial charge in [-0.25, -0.2) is 0 Å². The minimum Gasteiger partial charge on any atom is -0.391 e. The van der Waals surface area contributed by atoms with E-state index in [1.807, 2.05) is 26.2 Å². The highest BCUT2D eigenvalue weighted by molar-refractivity contribution is 4.74. The standard InChI is InChI=1S/C8H18N2/c1-4-6-10-7-5-8(2)9-3/h4,6,8-10H,5,7H2,1-3H3/b6-4+. The Labute approximate surface area is 63.7 Å². The van der Waals surface area contributed by atoms with E-state index in [1.165, 1.54) is 6.42 Å². The monoisotopic (exact) mass is 142 g/mol. The summed E-state index contributed by atoms with van der Waals surface area (Å²) in [4.78, 5) is 0. The number of nitrogens with one attached hydrogen (secondary N) is 2. The van der Waals surface area contributed by atoms with E-state index in [2.05, 4.69) is 17.6 Å². The summed E-state index contributed by atoms with van der Waals surface area (Å²) in [5.74, 6) is 0. The molecule has 1 unspecified atom stereocenters. The molecule has 2 N–H and O–H groups in total. The molecule has 0 saturated carbocycles. The predicted octanol–water partition coefficient (Wildman–Crippen LogP) is 1.11. The van der Waals surface area contributed by atoms with Crippen LogP contribution in [0.15, 0.2) is 12.3 Å². The van der Waals surface area contributed by atoms with Crippen molar-refractivity contribution < 1.29 is 0 Å². The summed E-state index contributed by atoms with van der Waals surface area (Å²) >= 11 is 0. The van der Waals surface area contributed by atoms with E-state index in [0.29, 0.717) is 6.04 Å². The number of rotatable bonds is 5. The Balaban J connectivity index is 3.03. The summed E-state index contributed by atoms with van der Waals surface area (Å²) < 4.78 is 0. The Morgan fingerprint density at radius 2 is 2.20 bits per heavy atom. The summed E-state index contributed by atoms with van der Waals surface area (Å²) in [6.07, 6.45) is 5.15. The zero-order chi connectivity index (χ0) is 7.82. The van der Waals surface area contributed by atoms with Gasteiger partial charge in [0.2, 0.25) is 0 Å². The lowest BCUT2D eigenvalue weighted by atomic mass is 10.2. The summed E-state index contributed by atoms with van der Waals surface area (Å²) in [5.41, 5.74) is 0. The van der Waals surface area contributed by atoms with E-state index in [0.717, 1.165) is 6.54 Å². The molecule has 2 heteroatoms. The van der Waals surface area contributed by atoms with Crippen LogP contribution < -0.4 is 10.6 Å². The lowest BCUT2D eigenvalue weighted by Crippen LogP contribution is -2.25. The molecule has 0 aromatic carbocycles. The maximum Gasteiger partial charge on any atom is 0.0156 e. The van der Waals surface area contributed by atoms with Crippen LogP contribution in [0, 0.1) is 0 Å². The molecule has 0 aliphatic heterocycles. The van der Waals surface area contributed by atoms with E-state index in [4.69, 9.17) is 0 Å². The summed E-state index contributed by atoms with van der Waals surface area (Å²) in [6, 6.07) is 0.609. The molecule has 0 aromatic rings. The predicted molar refractivity (Wildman–Crippen MR) is 46.0 cm³/mol. The molecule has 0 radical (unpaired) electrons. The molecule has 1 atom stereocenters. The van der Waals surface area contributed by atoms with Crippen LogP contribution in [0.25, 0.3) is 0 Å². The van der Waals surface area contributed by atoms with Crippen molar-refractivity contribution in [3.63, 3.8) is 0 Å². The quantitative estimate of drug-likeness (QED) is 0.562. The van der Waals surface area contributed by atoms with Crippen molar-refractivity contribution in [2.75, 3.05) is 13.6 Å². The Morgan fingerprint density at radius 3 is 2.70 bits per heavy atom. The van der Waals surface area contributed by atoms with Gasteiger partial charge in [0.25, 0.3) is 0 Å². The average Bonchev–Trinajstić information content (AvgIpc) is 1.98. The number of hydrogen-bond donors (Lipinski definition) is 2. The fourth-order valence-electron chi connectivity index (χ4n) is 0.645. The van der Waals surface area contributed by atoms with Crippen LogP contribution in [0.4, 0.5) is 0 Å². The molecule has 0 rings (SSSR count). The maximum atomic E-state index is 3.18. The molecule has 0 bridgehead atoms. The lowest BCUT2D eigenvalue weighted by molar-refractivity contribution is 0.554. The minimum absolute atomic E-state index is 0.609. The Morgan fingerprint density at radius 1 is 1.50 bits per heavy atom. The highest BCUT2D eigenvalue weighted by Gasteiger charge is 1.93. The molecule has 2 nitrogen and oxygen atoms in total. The topological polar surface area (TPSA) is 24.1 Å². The first-order valence-corrected chi connectivity index (χ1v) is 3.83. The fraction of sp³-hybridized carbons (Fsp3) is 0.750. The van der Waals surface area contributed by atoms with Gasteiger partial charge in [0.1, 0.15) is 0 Å². The van der Waals surface area contributed by atoms with Crippen LogP contribution in [0.2, 0.25) is 0 Å². The van der Waals surface area contributed by atoms with Crippen LogP contribution in [-0.2, 0) is 0 Å². The highest BCUT2D eigenvalue weighted by atomic mass is 14.9. The third kappa shape index (κ3) is 5.63. The molecular weight excluding hydrogens is 124 g/mol. The van der Waals surface area contributed by atoms with E-state index in [-0.39, 0.29) is 0 Å². The largest absolute Gasteiger partial charge is 0.391 e. The fourth-order valence-corrected chi connectivity index (χ4v) is 0.645. The van der Waals surface area contributed by atoms with Gasteiger partial charge in [-0.3, -0.25) is 0 Å². The zero-order valence-electron chi connectivity index (χ0n) is 7.15.